The molecule has 0 radical (unpaired) electrons. The van der Waals surface area contributed by atoms with Gasteiger partial charge in [-0.1, -0.05) is 20.8 Å². The van der Waals surface area contributed by atoms with E-state index in [4.69, 9.17) is 5.84 Å². The summed E-state index contributed by atoms with van der Waals surface area (Å²) < 4.78 is 0. The van der Waals surface area contributed by atoms with Crippen molar-refractivity contribution in [3.05, 3.63) is 11.9 Å². The topological polar surface area (TPSA) is 105 Å². The highest BCUT2D eigenvalue weighted by Gasteiger charge is 2.05. The van der Waals surface area contributed by atoms with Crippen LogP contribution in [0.1, 0.15) is 26.6 Å². The standard InChI is InChI=1S/C12H22N6O/c1-4-9-16-10(5-11(17-9)18-13)14-7-12(19)15-6-8(2)3/h5,8H,4,6-7,13H2,1-3H3,(H,15,19)(H2,14,16,17,18). The van der Waals surface area contributed by atoms with Crippen LogP contribution in [-0.2, 0) is 11.2 Å². The van der Waals surface area contributed by atoms with Crippen molar-refractivity contribution in [1.29, 1.82) is 0 Å². The normalized spacial score (nSPS) is 10.4. The van der Waals surface area contributed by atoms with Gasteiger partial charge in [-0.15, -0.1) is 0 Å². The maximum atomic E-state index is 11.6. The number of carbonyl (C=O) groups is 1. The average Bonchev–Trinajstić information content (AvgIpc) is 2.42. The molecule has 106 valence electrons. The van der Waals surface area contributed by atoms with E-state index in [2.05, 4.69) is 26.0 Å². The number of nitrogens with two attached hydrogens (primary N) is 1. The number of hydrazine groups is 1. The van der Waals surface area contributed by atoms with Gasteiger partial charge in [0.2, 0.25) is 5.91 Å². The lowest BCUT2D eigenvalue weighted by molar-refractivity contribution is -0.119. The van der Waals surface area contributed by atoms with Crippen molar-refractivity contribution in [3.8, 4) is 0 Å². The van der Waals surface area contributed by atoms with Crippen LogP contribution in [0.2, 0.25) is 0 Å². The summed E-state index contributed by atoms with van der Waals surface area (Å²) >= 11 is 0. The Morgan fingerprint density at radius 3 is 2.63 bits per heavy atom. The van der Waals surface area contributed by atoms with Crippen LogP contribution in [0.3, 0.4) is 0 Å². The molecule has 7 nitrogen and oxygen atoms in total. The molecule has 19 heavy (non-hydrogen) atoms. The van der Waals surface area contributed by atoms with Gasteiger partial charge in [0.1, 0.15) is 17.5 Å². The quantitative estimate of drug-likeness (QED) is 0.423. The van der Waals surface area contributed by atoms with E-state index >= 15 is 0 Å². The van der Waals surface area contributed by atoms with E-state index in [-0.39, 0.29) is 12.5 Å². The molecule has 0 bridgehead atoms. The molecule has 0 atom stereocenters. The summed E-state index contributed by atoms with van der Waals surface area (Å²) in [6, 6.07) is 1.66. The molecule has 0 aliphatic carbocycles. The number of anilines is 2. The Hall–Kier alpha value is -1.89. The fourth-order valence-corrected chi connectivity index (χ4v) is 1.37. The zero-order chi connectivity index (χ0) is 14.3. The molecule has 0 aliphatic heterocycles. The zero-order valence-electron chi connectivity index (χ0n) is 11.7. The van der Waals surface area contributed by atoms with Crippen molar-refractivity contribution >= 4 is 17.5 Å². The number of nitrogen functional groups attached to an aromatic ring is 1. The fourth-order valence-electron chi connectivity index (χ4n) is 1.37. The van der Waals surface area contributed by atoms with Gasteiger partial charge in [0.15, 0.2) is 0 Å². The van der Waals surface area contributed by atoms with Gasteiger partial charge in [-0.3, -0.25) is 4.79 Å². The molecule has 5 N–H and O–H groups in total. The zero-order valence-corrected chi connectivity index (χ0v) is 11.7. The third-order valence-corrected chi connectivity index (χ3v) is 2.37. The van der Waals surface area contributed by atoms with Crippen LogP contribution in [0, 0.1) is 5.92 Å². The van der Waals surface area contributed by atoms with Crippen LogP contribution in [0.25, 0.3) is 0 Å². The highest BCUT2D eigenvalue weighted by molar-refractivity contribution is 5.80. The Balaban J connectivity index is 2.54. The van der Waals surface area contributed by atoms with Crippen molar-refractivity contribution in [3.63, 3.8) is 0 Å². The van der Waals surface area contributed by atoms with Crippen LogP contribution in [-0.4, -0.2) is 29.0 Å². The first-order chi connectivity index (χ1) is 9.05. The van der Waals surface area contributed by atoms with Gasteiger partial charge in [0.25, 0.3) is 0 Å². The molecule has 1 aromatic heterocycles. The largest absolute Gasteiger partial charge is 0.361 e. The molecule has 0 spiro atoms. The van der Waals surface area contributed by atoms with Gasteiger partial charge in [-0.05, 0) is 5.92 Å². The molecule has 0 saturated heterocycles. The van der Waals surface area contributed by atoms with E-state index in [1.165, 1.54) is 0 Å². The van der Waals surface area contributed by atoms with Crippen LogP contribution in [0.5, 0.6) is 0 Å². The van der Waals surface area contributed by atoms with Gasteiger partial charge >= 0.3 is 0 Å². The van der Waals surface area contributed by atoms with E-state index < -0.39 is 0 Å². The molecule has 1 aromatic rings. The first-order valence-electron chi connectivity index (χ1n) is 6.40. The molecule has 1 heterocycles. The first kappa shape index (κ1) is 15.2. The second kappa shape index (κ2) is 7.52. The Morgan fingerprint density at radius 1 is 1.37 bits per heavy atom. The Bertz CT molecular complexity index is 398. The van der Waals surface area contributed by atoms with Gasteiger partial charge < -0.3 is 16.1 Å². The van der Waals surface area contributed by atoms with Gasteiger partial charge in [-0.25, -0.2) is 15.8 Å². The van der Waals surface area contributed by atoms with Crippen molar-refractivity contribution in [2.75, 3.05) is 23.8 Å². The van der Waals surface area contributed by atoms with Gasteiger partial charge in [0.05, 0.1) is 6.54 Å². The number of nitrogens with zero attached hydrogens (tertiary/aromatic N) is 2. The maximum Gasteiger partial charge on any atom is 0.239 e. The lowest BCUT2D eigenvalue weighted by atomic mass is 10.2. The monoisotopic (exact) mass is 266 g/mol. The van der Waals surface area contributed by atoms with Crippen molar-refractivity contribution in [1.82, 2.24) is 15.3 Å². The molecule has 7 heteroatoms. The fraction of sp³-hybridized carbons (Fsp3) is 0.583. The Kier molecular flexibility index (Phi) is 6.01. The van der Waals surface area contributed by atoms with Crippen molar-refractivity contribution in [2.24, 2.45) is 11.8 Å². The second-order valence-corrected chi connectivity index (χ2v) is 4.60. The van der Waals surface area contributed by atoms with E-state index in [1.807, 2.05) is 20.8 Å². The minimum absolute atomic E-state index is 0.0624. The Morgan fingerprint density at radius 2 is 2.05 bits per heavy atom. The number of hydrogen-bond donors (Lipinski definition) is 4. The SMILES string of the molecule is CCc1nc(NN)cc(NCC(=O)NCC(C)C)n1. The number of hydrogen-bond acceptors (Lipinski definition) is 6. The van der Waals surface area contributed by atoms with Crippen molar-refractivity contribution < 1.29 is 4.79 Å². The van der Waals surface area contributed by atoms with Crippen LogP contribution < -0.4 is 21.9 Å². The lowest BCUT2D eigenvalue weighted by Crippen LogP contribution is -2.32. The second-order valence-electron chi connectivity index (χ2n) is 4.60. The minimum atomic E-state index is -0.0624. The summed E-state index contributed by atoms with van der Waals surface area (Å²) in [4.78, 5) is 20.0. The smallest absolute Gasteiger partial charge is 0.239 e. The average molecular weight is 266 g/mol. The predicted molar refractivity (Wildman–Crippen MR) is 75.6 cm³/mol. The molecule has 0 aliphatic rings. The van der Waals surface area contributed by atoms with Crippen LogP contribution in [0.4, 0.5) is 11.6 Å². The molecule has 0 aromatic carbocycles. The molecule has 0 saturated carbocycles. The van der Waals surface area contributed by atoms with E-state index in [1.54, 1.807) is 6.07 Å². The number of amides is 1. The molecule has 0 unspecified atom stereocenters. The van der Waals surface area contributed by atoms with E-state index in [0.717, 1.165) is 0 Å². The van der Waals surface area contributed by atoms with Crippen molar-refractivity contribution in [2.45, 2.75) is 27.2 Å². The molecule has 0 fully saturated rings. The van der Waals surface area contributed by atoms with Crippen LogP contribution >= 0.6 is 0 Å². The third-order valence-electron chi connectivity index (χ3n) is 2.37. The number of aryl methyl sites for hydroxylation is 1. The first-order valence-corrected chi connectivity index (χ1v) is 6.40. The highest BCUT2D eigenvalue weighted by Crippen LogP contribution is 2.10. The van der Waals surface area contributed by atoms with Crippen LogP contribution in [0.15, 0.2) is 6.07 Å². The van der Waals surface area contributed by atoms with E-state index in [0.29, 0.717) is 36.3 Å². The van der Waals surface area contributed by atoms with E-state index in [9.17, 15) is 4.79 Å². The molecular weight excluding hydrogens is 244 g/mol. The number of carbonyl (C=O) groups excluding carboxylic acids is 1. The minimum Gasteiger partial charge on any atom is -0.361 e. The summed E-state index contributed by atoms with van der Waals surface area (Å²) in [7, 11) is 0. The highest BCUT2D eigenvalue weighted by atomic mass is 16.1. The molecule has 1 rings (SSSR count). The number of aromatic nitrogens is 2. The Labute approximate surface area is 113 Å². The molecular formula is C12H22N6O. The summed E-state index contributed by atoms with van der Waals surface area (Å²) in [6.45, 7) is 6.89. The third kappa shape index (κ3) is 5.52. The van der Waals surface area contributed by atoms with Gasteiger partial charge in [0, 0.05) is 19.0 Å². The van der Waals surface area contributed by atoms with Gasteiger partial charge in [-0.2, -0.15) is 0 Å². The summed E-state index contributed by atoms with van der Waals surface area (Å²) in [5.74, 6) is 7.48. The maximum absolute atomic E-state index is 11.6. The number of nitrogens with one attached hydrogen (secondary N) is 3. The lowest BCUT2D eigenvalue weighted by Gasteiger charge is -2.10. The summed E-state index contributed by atoms with van der Waals surface area (Å²) in [6.07, 6.45) is 0.698. The number of rotatable bonds is 7. The predicted octanol–water partition coefficient (Wildman–Crippen LogP) is 0.509. The molecule has 1 amide bonds. The summed E-state index contributed by atoms with van der Waals surface area (Å²) in [5.41, 5.74) is 2.48. The summed E-state index contributed by atoms with van der Waals surface area (Å²) in [5, 5.41) is 5.78.